The molecule has 6 nitrogen and oxygen atoms in total. The van der Waals surface area contributed by atoms with Gasteiger partial charge in [-0.15, -0.1) is 0 Å². The number of rotatable bonds is 5. The average molecular weight is 372 g/mol. The van der Waals surface area contributed by atoms with E-state index in [9.17, 15) is 14.7 Å². The molecule has 2 aromatic rings. The minimum absolute atomic E-state index is 0.00854. The first kappa shape index (κ1) is 18.3. The number of hydrogen-bond donors (Lipinski definition) is 2. The second-order valence-corrected chi connectivity index (χ2v) is 7.31. The van der Waals surface area contributed by atoms with Gasteiger partial charge in [-0.3, -0.25) is 14.9 Å². The second-order valence-electron chi connectivity index (χ2n) is 6.05. The monoisotopic (exact) mass is 372 g/mol. The van der Waals surface area contributed by atoms with Crippen LogP contribution in [-0.2, 0) is 14.5 Å². The fraction of sp³-hybridized carbons (Fsp3) is 0.263. The molecule has 26 heavy (non-hydrogen) atoms. The molecule has 0 bridgehead atoms. The quantitative estimate of drug-likeness (QED) is 0.840. The van der Waals surface area contributed by atoms with Gasteiger partial charge in [-0.2, -0.15) is 0 Å². The van der Waals surface area contributed by atoms with Crippen LogP contribution >= 0.6 is 11.8 Å². The molecule has 0 saturated heterocycles. The van der Waals surface area contributed by atoms with Gasteiger partial charge in [0.25, 0.3) is 5.91 Å². The van der Waals surface area contributed by atoms with Crippen molar-refractivity contribution < 1.29 is 19.4 Å². The third-order valence-corrected chi connectivity index (χ3v) is 5.67. The summed E-state index contributed by atoms with van der Waals surface area (Å²) < 4.78 is 5.26. The van der Waals surface area contributed by atoms with Crippen molar-refractivity contribution in [2.24, 2.45) is 0 Å². The Morgan fingerprint density at radius 1 is 1.31 bits per heavy atom. The number of nitrogens with one attached hydrogen (secondary N) is 1. The number of Topliss-reactive ketones (excluding diaryl/α,β-unsaturated/α-hetero) is 1. The Morgan fingerprint density at radius 3 is 2.73 bits per heavy atom. The number of phenolic OH excluding ortho intramolecular Hbond substituents is 1. The minimum atomic E-state index is -1.34. The number of benzene rings is 2. The molecule has 1 heterocycles. The van der Waals surface area contributed by atoms with Crippen LogP contribution in [0.1, 0.15) is 12.5 Å². The molecule has 1 atom stereocenters. The zero-order valence-corrected chi connectivity index (χ0v) is 15.6. The van der Waals surface area contributed by atoms with E-state index in [0.717, 1.165) is 10.6 Å². The molecule has 1 aliphatic rings. The molecule has 1 aliphatic heterocycles. The molecule has 0 spiro atoms. The maximum Gasteiger partial charge on any atom is 0.262 e. The number of thioether (sulfide) groups is 1. The third-order valence-electron chi connectivity index (χ3n) is 4.26. The van der Waals surface area contributed by atoms with Crippen molar-refractivity contribution >= 4 is 29.1 Å². The van der Waals surface area contributed by atoms with E-state index in [2.05, 4.69) is 5.32 Å². The Labute approximate surface area is 156 Å². The van der Waals surface area contributed by atoms with E-state index in [0.29, 0.717) is 11.3 Å². The van der Waals surface area contributed by atoms with Gasteiger partial charge in [0.15, 0.2) is 4.87 Å². The number of carbonyl (C=O) groups excluding carboxylic acids is 2. The van der Waals surface area contributed by atoms with Crippen LogP contribution in [0.5, 0.6) is 11.5 Å². The number of fused-ring (bicyclic) bond motifs is 1. The van der Waals surface area contributed by atoms with E-state index in [1.807, 2.05) is 24.3 Å². The predicted molar refractivity (Wildman–Crippen MR) is 101 cm³/mol. The van der Waals surface area contributed by atoms with Crippen molar-refractivity contribution in [3.63, 3.8) is 0 Å². The van der Waals surface area contributed by atoms with Gasteiger partial charge in [0, 0.05) is 17.5 Å². The number of nitrogens with zero attached hydrogens (tertiary/aromatic N) is 1. The van der Waals surface area contributed by atoms with Gasteiger partial charge in [0.2, 0.25) is 0 Å². The minimum Gasteiger partial charge on any atom is -0.508 e. The number of amides is 1. The normalized spacial score (nSPS) is 19.2. The molecule has 0 aliphatic carbocycles. The average Bonchev–Trinajstić information content (AvgIpc) is 2.64. The smallest absolute Gasteiger partial charge is 0.262 e. The predicted octanol–water partition coefficient (Wildman–Crippen LogP) is 2.50. The number of likely N-dealkylation sites (N-methyl/N-ethyl adjacent to an activating group) is 1. The SMILES string of the molecule is COc1ccc(O)c(C2(NCC(C)=O)Sc3ccccc3N(C)C2=O)c1. The van der Waals surface area contributed by atoms with Crippen LogP contribution in [0.15, 0.2) is 47.4 Å². The molecule has 136 valence electrons. The van der Waals surface area contributed by atoms with Gasteiger partial charge >= 0.3 is 0 Å². The Kier molecular flexibility index (Phi) is 4.93. The molecule has 3 rings (SSSR count). The van der Waals surface area contributed by atoms with Crippen LogP contribution in [-0.4, -0.2) is 37.5 Å². The number of phenols is 1. The van der Waals surface area contributed by atoms with Crippen LogP contribution in [0, 0.1) is 0 Å². The van der Waals surface area contributed by atoms with Crippen molar-refractivity contribution in [3.05, 3.63) is 48.0 Å². The molecular weight excluding hydrogens is 352 g/mol. The zero-order chi connectivity index (χ0) is 18.9. The third kappa shape index (κ3) is 3.04. The maximum atomic E-state index is 13.4. The Balaban J connectivity index is 2.20. The van der Waals surface area contributed by atoms with Gasteiger partial charge in [-0.1, -0.05) is 23.9 Å². The topological polar surface area (TPSA) is 78.9 Å². The Morgan fingerprint density at radius 2 is 2.04 bits per heavy atom. The van der Waals surface area contributed by atoms with E-state index in [4.69, 9.17) is 4.74 Å². The lowest BCUT2D eigenvalue weighted by Gasteiger charge is -2.41. The number of ketones is 1. The van der Waals surface area contributed by atoms with Crippen molar-refractivity contribution in [1.82, 2.24) is 5.32 Å². The highest BCUT2D eigenvalue weighted by atomic mass is 32.2. The molecule has 2 aromatic carbocycles. The van der Waals surface area contributed by atoms with Crippen molar-refractivity contribution in [2.45, 2.75) is 16.7 Å². The van der Waals surface area contributed by atoms with Gasteiger partial charge in [0.05, 0.1) is 19.3 Å². The van der Waals surface area contributed by atoms with Crippen molar-refractivity contribution in [3.8, 4) is 11.5 Å². The summed E-state index contributed by atoms with van der Waals surface area (Å²) in [7, 11) is 3.20. The van der Waals surface area contributed by atoms with Crippen LogP contribution in [0.4, 0.5) is 5.69 Å². The van der Waals surface area contributed by atoms with Gasteiger partial charge in [-0.25, -0.2) is 0 Å². The molecule has 2 N–H and O–H groups in total. The summed E-state index contributed by atoms with van der Waals surface area (Å²) in [6.07, 6.45) is 0. The van der Waals surface area contributed by atoms with Crippen LogP contribution in [0.25, 0.3) is 0 Å². The first-order chi connectivity index (χ1) is 12.4. The Hall–Kier alpha value is -2.51. The maximum absolute atomic E-state index is 13.4. The van der Waals surface area contributed by atoms with E-state index in [1.165, 1.54) is 36.8 Å². The molecule has 0 saturated carbocycles. The lowest BCUT2D eigenvalue weighted by Crippen LogP contribution is -2.55. The lowest BCUT2D eigenvalue weighted by molar-refractivity contribution is -0.122. The molecule has 1 amide bonds. The summed E-state index contributed by atoms with van der Waals surface area (Å²) >= 11 is 1.27. The highest BCUT2D eigenvalue weighted by Gasteiger charge is 2.49. The largest absolute Gasteiger partial charge is 0.508 e. The van der Waals surface area contributed by atoms with E-state index >= 15 is 0 Å². The number of methoxy groups -OCH3 is 1. The number of aromatic hydroxyl groups is 1. The standard InChI is InChI=1S/C19H20N2O4S/c1-12(22)11-20-19(14-10-13(25-3)8-9-16(14)23)18(24)21(2)15-6-4-5-7-17(15)26-19/h4-10,20,23H,11H2,1-3H3. The lowest BCUT2D eigenvalue weighted by atomic mass is 10.0. The van der Waals surface area contributed by atoms with Crippen LogP contribution < -0.4 is 15.0 Å². The summed E-state index contributed by atoms with van der Waals surface area (Å²) in [4.78, 5) is 26.0. The second kappa shape index (κ2) is 7.01. The molecule has 1 unspecified atom stereocenters. The van der Waals surface area contributed by atoms with Gasteiger partial charge < -0.3 is 14.7 Å². The summed E-state index contributed by atoms with van der Waals surface area (Å²) in [5, 5.41) is 13.6. The van der Waals surface area contributed by atoms with Crippen molar-refractivity contribution in [1.29, 1.82) is 0 Å². The van der Waals surface area contributed by atoms with E-state index in [1.54, 1.807) is 19.2 Å². The summed E-state index contributed by atoms with van der Waals surface area (Å²) in [5.41, 5.74) is 1.14. The van der Waals surface area contributed by atoms with Gasteiger partial charge in [-0.05, 0) is 37.3 Å². The summed E-state index contributed by atoms with van der Waals surface area (Å²) in [6, 6.07) is 12.2. The molecule has 0 fully saturated rings. The van der Waals surface area contributed by atoms with Gasteiger partial charge in [0.1, 0.15) is 17.3 Å². The highest BCUT2D eigenvalue weighted by Crippen LogP contribution is 2.51. The van der Waals surface area contributed by atoms with Crippen molar-refractivity contribution in [2.75, 3.05) is 25.6 Å². The fourth-order valence-corrected chi connectivity index (χ4v) is 4.35. The first-order valence-corrected chi connectivity index (χ1v) is 8.89. The van der Waals surface area contributed by atoms with Crippen LogP contribution in [0.3, 0.4) is 0 Å². The van der Waals surface area contributed by atoms with E-state index in [-0.39, 0.29) is 24.0 Å². The van der Waals surface area contributed by atoms with Crippen LogP contribution in [0.2, 0.25) is 0 Å². The molecule has 0 aromatic heterocycles. The number of para-hydroxylation sites is 1. The number of carbonyl (C=O) groups is 2. The number of hydrogen-bond acceptors (Lipinski definition) is 6. The van der Waals surface area contributed by atoms with E-state index < -0.39 is 4.87 Å². The molecule has 0 radical (unpaired) electrons. The molecule has 7 heteroatoms. The molecular formula is C19H20N2O4S. The summed E-state index contributed by atoms with van der Waals surface area (Å²) in [6.45, 7) is 1.44. The number of anilines is 1. The first-order valence-electron chi connectivity index (χ1n) is 8.07. The number of ether oxygens (including phenoxy) is 1. The zero-order valence-electron chi connectivity index (χ0n) is 14.8. The highest BCUT2D eigenvalue weighted by molar-refractivity contribution is 8.01. The Bertz CT molecular complexity index is 870. The summed E-state index contributed by atoms with van der Waals surface area (Å²) in [5.74, 6) is 0.0832. The fourth-order valence-electron chi connectivity index (χ4n) is 2.92.